The van der Waals surface area contributed by atoms with Crippen molar-refractivity contribution in [2.24, 2.45) is 0 Å². The summed E-state index contributed by atoms with van der Waals surface area (Å²) in [6.45, 7) is 11.1. The van der Waals surface area contributed by atoms with Crippen LogP contribution in [-0.4, -0.2) is 47.7 Å². The third kappa shape index (κ3) is 23.2. The molecule has 284 valence electrons. The maximum atomic E-state index is 11.1. The standard InChI is InChI=1S/C10H11BrO2.C9H8BrClO.C9H9ClO.C9H10O2.C4H6O2/c1-7-3-5-8(6-4-7)9(11)10(12)13-2;1-6-2-4-7(5-3-6)8(10)9(11)12;2*1-7-2-4-8(5-3-7)6-9(10)11;1-3-4(5)6-2/h3-6,9H,1-2H3;2-5,8H,1H3;2-5H,6H2,1H3;2-5H,6H2,1H3,(H,10,11);3H,1H2,2H3. The first kappa shape index (κ1) is 48.9. The maximum absolute atomic E-state index is 11.1. The van der Waals surface area contributed by atoms with Crippen molar-refractivity contribution in [2.45, 2.75) is 50.2 Å². The van der Waals surface area contributed by atoms with Gasteiger partial charge in [-0.25, -0.2) is 4.79 Å². The number of esters is 2. The maximum Gasteiger partial charge on any atom is 0.329 e. The van der Waals surface area contributed by atoms with Gasteiger partial charge < -0.3 is 14.6 Å². The molecule has 4 rings (SSSR count). The molecule has 2 atom stereocenters. The van der Waals surface area contributed by atoms with Gasteiger partial charge in [-0.15, -0.1) is 0 Å². The zero-order chi connectivity index (χ0) is 40.5. The molecule has 1 N–H and O–H groups in total. The molecule has 0 aliphatic rings. The second-order valence-electron chi connectivity index (χ2n) is 11.2. The zero-order valence-electron chi connectivity index (χ0n) is 30.4. The van der Waals surface area contributed by atoms with Crippen LogP contribution in [0.5, 0.6) is 0 Å². The molecule has 0 fully saturated rings. The van der Waals surface area contributed by atoms with Gasteiger partial charge in [-0.05, 0) is 73.2 Å². The average Bonchev–Trinajstić information content (AvgIpc) is 3.13. The van der Waals surface area contributed by atoms with Crippen molar-refractivity contribution in [3.63, 3.8) is 0 Å². The van der Waals surface area contributed by atoms with Crippen LogP contribution in [0.4, 0.5) is 0 Å². The normalized spacial score (nSPS) is 10.6. The SMILES string of the molecule is C=CC(=O)OC.COC(=O)C(Br)c1ccc(C)cc1.Cc1ccc(C(Br)C(=O)Cl)cc1.Cc1ccc(CC(=O)Cl)cc1.Cc1ccc(CC(=O)O)cc1. The van der Waals surface area contributed by atoms with Crippen LogP contribution in [0.25, 0.3) is 0 Å². The number of alkyl halides is 2. The van der Waals surface area contributed by atoms with Crippen molar-refractivity contribution in [1.82, 2.24) is 0 Å². The topological polar surface area (TPSA) is 124 Å². The van der Waals surface area contributed by atoms with Gasteiger partial charge in [-0.1, -0.05) is 158 Å². The summed E-state index contributed by atoms with van der Waals surface area (Å²) >= 11 is 17.0. The number of hydrogen-bond donors (Lipinski definition) is 1. The van der Waals surface area contributed by atoms with E-state index in [4.69, 9.17) is 28.3 Å². The number of carbonyl (C=O) groups is 5. The van der Waals surface area contributed by atoms with Crippen LogP contribution in [0.3, 0.4) is 0 Å². The summed E-state index contributed by atoms with van der Waals surface area (Å²) < 4.78 is 8.75. The highest BCUT2D eigenvalue weighted by molar-refractivity contribution is 9.09. The molecule has 0 spiro atoms. The monoisotopic (exact) mass is 892 g/mol. The molecule has 0 heterocycles. The number of carbonyl (C=O) groups excluding carboxylic acids is 4. The summed E-state index contributed by atoms with van der Waals surface area (Å²) in [5, 5.41) is 7.74. The van der Waals surface area contributed by atoms with Crippen LogP contribution < -0.4 is 0 Å². The van der Waals surface area contributed by atoms with Gasteiger partial charge >= 0.3 is 17.9 Å². The molecule has 0 saturated heterocycles. The minimum Gasteiger partial charge on any atom is -0.481 e. The number of carboxylic acid groups (broad SMARTS) is 1. The van der Waals surface area contributed by atoms with Gasteiger partial charge in [0.05, 0.1) is 20.6 Å². The van der Waals surface area contributed by atoms with Crippen molar-refractivity contribution < 1.29 is 38.6 Å². The van der Waals surface area contributed by atoms with E-state index in [0.29, 0.717) is 6.42 Å². The van der Waals surface area contributed by atoms with E-state index in [9.17, 15) is 24.0 Å². The Bertz CT molecular complexity index is 1670. The molecular formula is C41H44Br2Cl2O8. The highest BCUT2D eigenvalue weighted by Crippen LogP contribution is 2.25. The number of carboxylic acids is 1. The molecule has 4 aromatic rings. The molecule has 8 nitrogen and oxygen atoms in total. The number of ether oxygens (including phenoxy) is 2. The van der Waals surface area contributed by atoms with Crippen molar-refractivity contribution in [3.8, 4) is 0 Å². The fraction of sp³-hybridized carbons (Fsp3) is 0.244. The van der Waals surface area contributed by atoms with E-state index in [1.165, 1.54) is 30.9 Å². The third-order valence-electron chi connectivity index (χ3n) is 6.65. The molecule has 4 aromatic carbocycles. The predicted molar refractivity (Wildman–Crippen MR) is 219 cm³/mol. The second kappa shape index (κ2) is 27.5. The van der Waals surface area contributed by atoms with E-state index < -0.39 is 11.9 Å². The lowest BCUT2D eigenvalue weighted by Crippen LogP contribution is -2.07. The Balaban J connectivity index is 0.000000649. The van der Waals surface area contributed by atoms with E-state index in [2.05, 4.69) is 47.9 Å². The van der Waals surface area contributed by atoms with E-state index in [1.54, 1.807) is 0 Å². The molecule has 0 aromatic heterocycles. The number of methoxy groups -OCH3 is 2. The molecule has 0 amide bonds. The van der Waals surface area contributed by atoms with Crippen LogP contribution in [0.2, 0.25) is 0 Å². The predicted octanol–water partition coefficient (Wildman–Crippen LogP) is 10.1. The van der Waals surface area contributed by atoms with Crippen molar-refractivity contribution in [1.29, 1.82) is 0 Å². The number of benzene rings is 4. The van der Waals surface area contributed by atoms with E-state index in [0.717, 1.165) is 33.9 Å². The summed E-state index contributed by atoms with van der Waals surface area (Å²) in [5.74, 6) is -1.45. The Labute approximate surface area is 338 Å². The number of aryl methyl sites for hydroxylation is 4. The van der Waals surface area contributed by atoms with E-state index in [1.807, 2.05) is 125 Å². The van der Waals surface area contributed by atoms with E-state index in [-0.39, 0.29) is 32.5 Å². The lowest BCUT2D eigenvalue weighted by atomic mass is 10.1. The highest BCUT2D eigenvalue weighted by Gasteiger charge is 2.16. The minimum absolute atomic E-state index is 0.111. The van der Waals surface area contributed by atoms with Gasteiger partial charge in [0.15, 0.2) is 0 Å². The molecule has 0 bridgehead atoms. The quantitative estimate of drug-likeness (QED) is 0.0763. The summed E-state index contributed by atoms with van der Waals surface area (Å²) in [6.07, 6.45) is 1.54. The first-order chi connectivity index (χ1) is 24.9. The molecule has 0 aliphatic carbocycles. The van der Waals surface area contributed by atoms with Gasteiger partial charge in [-0.2, -0.15) is 0 Å². The van der Waals surface area contributed by atoms with Gasteiger partial charge in [0.2, 0.25) is 10.5 Å². The Kier molecular flexibility index (Phi) is 25.4. The Morgan fingerprint density at radius 1 is 0.623 bits per heavy atom. The Morgan fingerprint density at radius 2 is 0.962 bits per heavy atom. The van der Waals surface area contributed by atoms with E-state index >= 15 is 0 Å². The molecule has 53 heavy (non-hydrogen) atoms. The van der Waals surface area contributed by atoms with Crippen LogP contribution in [0.1, 0.15) is 54.2 Å². The Morgan fingerprint density at radius 3 is 1.23 bits per heavy atom. The highest BCUT2D eigenvalue weighted by atomic mass is 79.9. The van der Waals surface area contributed by atoms with Crippen LogP contribution in [-0.2, 0) is 46.3 Å². The number of rotatable bonds is 9. The zero-order valence-corrected chi connectivity index (χ0v) is 35.1. The number of halogens is 4. The first-order valence-corrected chi connectivity index (χ1v) is 18.4. The summed E-state index contributed by atoms with van der Waals surface area (Å²) in [7, 11) is 2.69. The lowest BCUT2D eigenvalue weighted by Gasteiger charge is -2.07. The molecule has 0 aliphatic heterocycles. The molecular weight excluding hydrogens is 851 g/mol. The molecule has 12 heteroatoms. The third-order valence-corrected chi connectivity index (χ3v) is 9.12. The summed E-state index contributed by atoms with van der Waals surface area (Å²) in [6, 6.07) is 30.7. The van der Waals surface area contributed by atoms with Gasteiger partial charge in [-0.3, -0.25) is 19.2 Å². The molecule has 0 radical (unpaired) electrons. The fourth-order valence-electron chi connectivity index (χ4n) is 3.67. The summed E-state index contributed by atoms with van der Waals surface area (Å²) in [4.78, 5) is 51.7. The van der Waals surface area contributed by atoms with Crippen LogP contribution in [0.15, 0.2) is 110 Å². The van der Waals surface area contributed by atoms with Gasteiger partial charge in [0.25, 0.3) is 0 Å². The van der Waals surface area contributed by atoms with Crippen molar-refractivity contribution in [2.75, 3.05) is 14.2 Å². The van der Waals surface area contributed by atoms with Crippen LogP contribution in [0, 0.1) is 27.7 Å². The summed E-state index contributed by atoms with van der Waals surface area (Å²) in [5.41, 5.74) is 8.31. The Hall–Kier alpha value is -4.09. The number of hydrogen-bond acceptors (Lipinski definition) is 7. The van der Waals surface area contributed by atoms with Crippen LogP contribution >= 0.6 is 55.1 Å². The fourth-order valence-corrected chi connectivity index (χ4v) is 4.75. The van der Waals surface area contributed by atoms with Gasteiger partial charge in [0.1, 0.15) is 9.65 Å². The van der Waals surface area contributed by atoms with Crippen molar-refractivity contribution in [3.05, 3.63) is 154 Å². The number of aliphatic carboxylic acids is 1. The average molecular weight is 896 g/mol. The smallest absolute Gasteiger partial charge is 0.329 e. The molecule has 2 unspecified atom stereocenters. The minimum atomic E-state index is -0.783. The largest absolute Gasteiger partial charge is 0.481 e. The molecule has 0 saturated carbocycles. The van der Waals surface area contributed by atoms with Gasteiger partial charge in [0, 0.05) is 12.5 Å². The lowest BCUT2D eigenvalue weighted by molar-refractivity contribution is -0.140. The second-order valence-corrected chi connectivity index (χ2v) is 13.8. The van der Waals surface area contributed by atoms with Crippen molar-refractivity contribution >= 4 is 83.5 Å². The first-order valence-electron chi connectivity index (χ1n) is 15.8.